The van der Waals surface area contributed by atoms with Gasteiger partial charge in [0.2, 0.25) is 5.91 Å². The number of aromatic amines is 1. The highest BCUT2D eigenvalue weighted by atomic mass is 32.2. The Balaban J connectivity index is 1.31. The number of aromatic nitrogens is 2. The van der Waals surface area contributed by atoms with Gasteiger partial charge in [-0.3, -0.25) is 9.59 Å². The van der Waals surface area contributed by atoms with E-state index < -0.39 is 0 Å². The molecule has 0 saturated heterocycles. The highest BCUT2D eigenvalue weighted by Crippen LogP contribution is 2.30. The third-order valence-corrected chi connectivity index (χ3v) is 6.77. The fourth-order valence-corrected chi connectivity index (χ4v) is 5.12. The van der Waals surface area contributed by atoms with Crippen molar-refractivity contribution in [2.75, 3.05) is 19.4 Å². The molecule has 0 atom stereocenters. The van der Waals surface area contributed by atoms with Crippen molar-refractivity contribution in [3.05, 3.63) is 81.7 Å². The summed E-state index contributed by atoms with van der Waals surface area (Å²) in [5, 5.41) is 5.51. The predicted octanol–water partition coefficient (Wildman–Crippen LogP) is 4.25. The van der Waals surface area contributed by atoms with Gasteiger partial charge < -0.3 is 15.0 Å². The molecule has 2 aromatic heterocycles. The molecule has 1 amide bonds. The molecule has 0 aliphatic carbocycles. The first-order valence-electron chi connectivity index (χ1n) is 10.2. The van der Waals surface area contributed by atoms with E-state index in [1.54, 1.807) is 7.11 Å². The van der Waals surface area contributed by atoms with Crippen LogP contribution in [0.4, 0.5) is 0 Å². The number of ether oxygens (including phenoxy) is 1. The molecular formula is C24H23N3O3S2. The van der Waals surface area contributed by atoms with Crippen LogP contribution < -0.4 is 15.6 Å². The molecule has 2 heterocycles. The smallest absolute Gasteiger partial charge is 0.260 e. The molecule has 0 unspecified atom stereocenters. The van der Waals surface area contributed by atoms with Crippen LogP contribution in [-0.2, 0) is 17.0 Å². The van der Waals surface area contributed by atoms with Crippen molar-refractivity contribution in [1.29, 1.82) is 0 Å². The number of carbonyl (C=O) groups excluding carboxylic acids is 1. The highest BCUT2D eigenvalue weighted by molar-refractivity contribution is 7.99. The van der Waals surface area contributed by atoms with Gasteiger partial charge in [-0.25, -0.2) is 4.98 Å². The largest absolute Gasteiger partial charge is 0.496 e. The van der Waals surface area contributed by atoms with Crippen LogP contribution >= 0.6 is 23.1 Å². The lowest BCUT2D eigenvalue weighted by Gasteiger charge is -2.09. The van der Waals surface area contributed by atoms with E-state index in [9.17, 15) is 9.59 Å². The van der Waals surface area contributed by atoms with Gasteiger partial charge in [-0.2, -0.15) is 0 Å². The molecule has 0 aliphatic heterocycles. The van der Waals surface area contributed by atoms with Gasteiger partial charge in [0, 0.05) is 17.5 Å². The Bertz CT molecular complexity index is 1270. The zero-order valence-corrected chi connectivity index (χ0v) is 19.2. The van der Waals surface area contributed by atoms with Crippen molar-refractivity contribution in [2.24, 2.45) is 0 Å². The summed E-state index contributed by atoms with van der Waals surface area (Å²) in [5.41, 5.74) is 2.81. The first-order chi connectivity index (χ1) is 15.7. The second-order valence-electron chi connectivity index (χ2n) is 7.11. The van der Waals surface area contributed by atoms with E-state index in [0.29, 0.717) is 40.5 Å². The highest BCUT2D eigenvalue weighted by Gasteiger charge is 2.13. The van der Waals surface area contributed by atoms with Gasteiger partial charge in [-0.1, -0.05) is 48.5 Å². The summed E-state index contributed by atoms with van der Waals surface area (Å²) in [7, 11) is 1.64. The number of H-pyrrole nitrogens is 1. The molecule has 4 aromatic rings. The number of thioether (sulfide) groups is 1. The molecule has 6 nitrogen and oxygen atoms in total. The molecule has 8 heteroatoms. The second kappa shape index (κ2) is 10.5. The van der Waals surface area contributed by atoms with Gasteiger partial charge in [0.25, 0.3) is 5.56 Å². The van der Waals surface area contributed by atoms with Crippen LogP contribution in [0.15, 0.2) is 64.8 Å². The number of rotatable bonds is 9. The Kier molecular flexibility index (Phi) is 7.24. The Morgan fingerprint density at radius 2 is 1.94 bits per heavy atom. The topological polar surface area (TPSA) is 84.1 Å². The zero-order valence-electron chi connectivity index (χ0n) is 17.6. The van der Waals surface area contributed by atoms with Crippen molar-refractivity contribution in [1.82, 2.24) is 15.3 Å². The molecule has 164 valence electrons. The van der Waals surface area contributed by atoms with Gasteiger partial charge in [0.05, 0.1) is 24.0 Å². The van der Waals surface area contributed by atoms with Crippen molar-refractivity contribution in [2.45, 2.75) is 12.2 Å². The first kappa shape index (κ1) is 22.1. The number of nitrogens with one attached hydrogen (secondary N) is 2. The standard InChI is InChI=1S/C24H23N3O3S2/c1-30-19-10-6-5-9-17(19)11-12-25-21(28)15-31-14-20-26-23(29)22-18(13-32-24(22)27-20)16-7-3-2-4-8-16/h2-10,13H,11-12,14-15H2,1H3,(H,25,28)(H,26,27,29). The monoisotopic (exact) mass is 465 g/mol. The van der Waals surface area contributed by atoms with Crippen molar-refractivity contribution in [3.8, 4) is 16.9 Å². The maximum atomic E-state index is 12.7. The Labute approximate surface area is 194 Å². The minimum Gasteiger partial charge on any atom is -0.496 e. The zero-order chi connectivity index (χ0) is 22.3. The molecule has 2 N–H and O–H groups in total. The number of amides is 1. The number of fused-ring (bicyclic) bond motifs is 1. The summed E-state index contributed by atoms with van der Waals surface area (Å²) in [4.78, 5) is 33.0. The molecule has 0 bridgehead atoms. The Morgan fingerprint density at radius 1 is 1.16 bits per heavy atom. The fourth-order valence-electron chi connectivity index (χ4n) is 3.43. The van der Waals surface area contributed by atoms with Gasteiger partial charge in [-0.15, -0.1) is 23.1 Å². The maximum Gasteiger partial charge on any atom is 0.260 e. The van der Waals surface area contributed by atoms with E-state index in [1.807, 2.05) is 60.0 Å². The minimum absolute atomic E-state index is 0.0455. The number of carbonyl (C=O) groups is 1. The SMILES string of the molecule is COc1ccccc1CCNC(=O)CSCc1nc2scc(-c3ccccc3)c2c(=O)[nH]1. The van der Waals surface area contributed by atoms with E-state index in [-0.39, 0.29) is 11.5 Å². The van der Waals surface area contributed by atoms with E-state index in [0.717, 1.165) is 22.4 Å². The second-order valence-corrected chi connectivity index (χ2v) is 8.96. The summed E-state index contributed by atoms with van der Waals surface area (Å²) in [6, 6.07) is 17.6. The average Bonchev–Trinajstić information content (AvgIpc) is 3.25. The molecule has 0 spiro atoms. The average molecular weight is 466 g/mol. The summed E-state index contributed by atoms with van der Waals surface area (Å²) in [6.07, 6.45) is 0.702. The van der Waals surface area contributed by atoms with Crippen LogP contribution in [0.3, 0.4) is 0 Å². The molecule has 0 radical (unpaired) electrons. The van der Waals surface area contributed by atoms with Crippen LogP contribution in [0.2, 0.25) is 0 Å². The number of benzene rings is 2. The number of hydrogen-bond donors (Lipinski definition) is 2. The predicted molar refractivity (Wildman–Crippen MR) is 132 cm³/mol. The van der Waals surface area contributed by atoms with Crippen molar-refractivity contribution < 1.29 is 9.53 Å². The molecule has 0 aliphatic rings. The Hall–Kier alpha value is -3.10. The number of nitrogens with zero attached hydrogens (tertiary/aromatic N) is 1. The summed E-state index contributed by atoms with van der Waals surface area (Å²) >= 11 is 2.88. The van der Waals surface area contributed by atoms with Gasteiger partial charge >= 0.3 is 0 Å². The van der Waals surface area contributed by atoms with Crippen molar-refractivity contribution in [3.63, 3.8) is 0 Å². The first-order valence-corrected chi connectivity index (χ1v) is 12.2. The third kappa shape index (κ3) is 5.20. The minimum atomic E-state index is -0.146. The number of thiophene rings is 1. The summed E-state index contributed by atoms with van der Waals surface area (Å²) in [5.74, 6) is 2.12. The van der Waals surface area contributed by atoms with E-state index in [1.165, 1.54) is 23.1 Å². The van der Waals surface area contributed by atoms with E-state index in [4.69, 9.17) is 4.74 Å². The molecule has 0 saturated carbocycles. The van der Waals surface area contributed by atoms with Crippen LogP contribution in [-0.4, -0.2) is 35.3 Å². The maximum absolute atomic E-state index is 12.7. The summed E-state index contributed by atoms with van der Waals surface area (Å²) in [6.45, 7) is 0.540. The van der Waals surface area contributed by atoms with Gasteiger partial charge in [0.1, 0.15) is 16.4 Å². The van der Waals surface area contributed by atoms with Gasteiger partial charge in [0.15, 0.2) is 0 Å². The van der Waals surface area contributed by atoms with Crippen LogP contribution in [0.25, 0.3) is 21.3 Å². The van der Waals surface area contributed by atoms with E-state index >= 15 is 0 Å². The summed E-state index contributed by atoms with van der Waals surface area (Å²) < 4.78 is 5.33. The molecule has 4 rings (SSSR count). The molecule has 0 fully saturated rings. The number of methoxy groups -OCH3 is 1. The number of para-hydroxylation sites is 1. The molecule has 32 heavy (non-hydrogen) atoms. The van der Waals surface area contributed by atoms with Crippen LogP contribution in [0, 0.1) is 0 Å². The third-order valence-electron chi connectivity index (χ3n) is 4.96. The quantitative estimate of drug-likeness (QED) is 0.386. The Morgan fingerprint density at radius 3 is 2.75 bits per heavy atom. The fraction of sp³-hybridized carbons (Fsp3) is 0.208. The lowest BCUT2D eigenvalue weighted by Crippen LogP contribution is -2.27. The molecular weight excluding hydrogens is 442 g/mol. The van der Waals surface area contributed by atoms with Crippen molar-refractivity contribution >= 4 is 39.2 Å². The van der Waals surface area contributed by atoms with E-state index in [2.05, 4.69) is 15.3 Å². The van der Waals surface area contributed by atoms with Crippen LogP contribution in [0.1, 0.15) is 11.4 Å². The lowest BCUT2D eigenvalue weighted by molar-refractivity contribution is -0.118. The molecule has 2 aromatic carbocycles. The van der Waals surface area contributed by atoms with Gasteiger partial charge in [-0.05, 0) is 23.6 Å². The lowest BCUT2D eigenvalue weighted by atomic mass is 10.1. The normalized spacial score (nSPS) is 10.9. The number of hydrogen-bond acceptors (Lipinski definition) is 6. The van der Waals surface area contributed by atoms with Crippen LogP contribution in [0.5, 0.6) is 5.75 Å².